The second kappa shape index (κ2) is 6.23. The van der Waals surface area contributed by atoms with E-state index in [1.807, 2.05) is 0 Å². The summed E-state index contributed by atoms with van der Waals surface area (Å²) < 4.78 is 32.9. The number of nitrogens with two attached hydrogens (primary N) is 1. The van der Waals surface area contributed by atoms with Gasteiger partial charge in [-0.15, -0.1) is 0 Å². The average molecular weight is 344 g/mol. The molecule has 0 aliphatic rings. The molecular formula is C13H12BrF2N3O. The zero-order valence-electron chi connectivity index (χ0n) is 10.6. The fourth-order valence-electron chi connectivity index (χ4n) is 1.84. The van der Waals surface area contributed by atoms with Crippen LogP contribution < -0.4 is 10.5 Å². The number of methoxy groups -OCH3 is 1. The predicted octanol–water partition coefficient (Wildman–Crippen LogP) is 2.77. The summed E-state index contributed by atoms with van der Waals surface area (Å²) in [6.07, 6.45) is 1.49. The highest BCUT2D eigenvalue weighted by molar-refractivity contribution is 9.10. The van der Waals surface area contributed by atoms with E-state index in [1.165, 1.54) is 25.6 Å². The average Bonchev–Trinajstić information content (AvgIpc) is 2.37. The summed E-state index contributed by atoms with van der Waals surface area (Å²) in [5, 5.41) is 0. The van der Waals surface area contributed by atoms with E-state index in [9.17, 15) is 8.78 Å². The molecule has 2 N–H and O–H groups in total. The minimum absolute atomic E-state index is 0.161. The zero-order chi connectivity index (χ0) is 14.7. The van der Waals surface area contributed by atoms with Crippen LogP contribution in [0.1, 0.15) is 17.3 Å². The van der Waals surface area contributed by atoms with Gasteiger partial charge in [0.05, 0.1) is 7.11 Å². The first-order valence-electron chi connectivity index (χ1n) is 5.76. The fraction of sp³-hybridized carbons (Fsp3) is 0.231. The van der Waals surface area contributed by atoms with Crippen molar-refractivity contribution in [3.63, 3.8) is 0 Å². The molecule has 1 aromatic carbocycles. The van der Waals surface area contributed by atoms with Crippen molar-refractivity contribution in [2.24, 2.45) is 5.73 Å². The summed E-state index contributed by atoms with van der Waals surface area (Å²) in [4.78, 5) is 7.86. The second-order valence-electron chi connectivity index (χ2n) is 4.15. The van der Waals surface area contributed by atoms with Gasteiger partial charge in [0.25, 0.3) is 0 Å². The highest BCUT2D eigenvalue weighted by Gasteiger charge is 2.19. The number of halogens is 3. The van der Waals surface area contributed by atoms with Crippen LogP contribution in [0.3, 0.4) is 0 Å². The number of ether oxygens (including phenoxy) is 1. The summed E-state index contributed by atoms with van der Waals surface area (Å²) in [6.45, 7) is 0. The lowest BCUT2D eigenvalue weighted by molar-refractivity contribution is 0.395. The third kappa shape index (κ3) is 3.29. The summed E-state index contributed by atoms with van der Waals surface area (Å²) in [6, 6.07) is 3.09. The van der Waals surface area contributed by atoms with Crippen LogP contribution in [0, 0.1) is 11.6 Å². The van der Waals surface area contributed by atoms with E-state index in [-0.39, 0.29) is 12.0 Å². The van der Waals surface area contributed by atoms with Gasteiger partial charge < -0.3 is 10.5 Å². The van der Waals surface area contributed by atoms with Crippen molar-refractivity contribution in [3.8, 4) is 5.88 Å². The SMILES string of the molecule is COc1cc(CC(N)c2c(F)cc(Br)cc2F)ncn1. The standard InChI is InChI=1S/C13H12BrF2N3O/c1-20-12-5-8(18-6-19-12)4-11(17)13-9(15)2-7(14)3-10(13)16/h2-3,5-6,11H,4,17H2,1H3. The Morgan fingerprint density at radius 3 is 2.50 bits per heavy atom. The van der Waals surface area contributed by atoms with Crippen LogP contribution in [0.4, 0.5) is 8.78 Å². The third-order valence-electron chi connectivity index (χ3n) is 2.75. The maximum Gasteiger partial charge on any atom is 0.216 e. The minimum Gasteiger partial charge on any atom is -0.481 e. The normalized spacial score (nSPS) is 12.2. The molecule has 1 atom stereocenters. The van der Waals surface area contributed by atoms with Gasteiger partial charge in [-0.25, -0.2) is 18.7 Å². The van der Waals surface area contributed by atoms with Crippen LogP contribution in [0.25, 0.3) is 0 Å². The largest absolute Gasteiger partial charge is 0.481 e. The Hall–Kier alpha value is -1.60. The van der Waals surface area contributed by atoms with E-state index < -0.39 is 17.7 Å². The molecule has 2 aromatic rings. The maximum atomic E-state index is 13.8. The van der Waals surface area contributed by atoms with Crippen molar-refractivity contribution < 1.29 is 13.5 Å². The van der Waals surface area contributed by atoms with Crippen molar-refractivity contribution in [1.29, 1.82) is 0 Å². The molecule has 0 aliphatic heterocycles. The van der Waals surface area contributed by atoms with Gasteiger partial charge in [-0.3, -0.25) is 0 Å². The molecule has 0 saturated heterocycles. The molecule has 7 heteroatoms. The number of rotatable bonds is 4. The second-order valence-corrected chi connectivity index (χ2v) is 5.06. The van der Waals surface area contributed by atoms with Gasteiger partial charge in [0.2, 0.25) is 5.88 Å². The van der Waals surface area contributed by atoms with E-state index in [0.717, 1.165) is 0 Å². The first-order chi connectivity index (χ1) is 9.51. The Bertz CT molecular complexity index is 601. The Kier molecular flexibility index (Phi) is 4.61. The molecule has 1 heterocycles. The number of benzene rings is 1. The highest BCUT2D eigenvalue weighted by Crippen LogP contribution is 2.25. The Labute approximate surface area is 123 Å². The number of aromatic nitrogens is 2. The van der Waals surface area contributed by atoms with Crippen LogP contribution in [-0.2, 0) is 6.42 Å². The smallest absolute Gasteiger partial charge is 0.216 e. The molecule has 0 radical (unpaired) electrons. The van der Waals surface area contributed by atoms with Gasteiger partial charge in [-0.1, -0.05) is 15.9 Å². The van der Waals surface area contributed by atoms with Crippen molar-refractivity contribution in [2.45, 2.75) is 12.5 Å². The number of nitrogens with zero attached hydrogens (tertiary/aromatic N) is 2. The lowest BCUT2D eigenvalue weighted by Gasteiger charge is -2.14. The number of hydrogen-bond acceptors (Lipinski definition) is 4. The van der Waals surface area contributed by atoms with Crippen LogP contribution in [0.15, 0.2) is 29.0 Å². The summed E-state index contributed by atoms with van der Waals surface area (Å²) in [5.41, 5.74) is 6.26. The van der Waals surface area contributed by atoms with Gasteiger partial charge in [-0.2, -0.15) is 0 Å². The Balaban J connectivity index is 2.26. The fourth-order valence-corrected chi connectivity index (χ4v) is 2.24. The lowest BCUT2D eigenvalue weighted by Crippen LogP contribution is -2.17. The molecule has 0 amide bonds. The molecule has 0 aliphatic carbocycles. The first kappa shape index (κ1) is 14.8. The molecule has 1 unspecified atom stereocenters. The van der Waals surface area contributed by atoms with Gasteiger partial charge in [-0.05, 0) is 12.1 Å². The molecule has 106 valence electrons. The van der Waals surface area contributed by atoms with Gasteiger partial charge in [0.1, 0.15) is 18.0 Å². The van der Waals surface area contributed by atoms with Gasteiger partial charge in [0.15, 0.2) is 0 Å². The Morgan fingerprint density at radius 2 is 1.90 bits per heavy atom. The van der Waals surface area contributed by atoms with E-state index >= 15 is 0 Å². The summed E-state index contributed by atoms with van der Waals surface area (Å²) in [5.74, 6) is -1.00. The van der Waals surface area contributed by atoms with E-state index in [1.54, 1.807) is 6.07 Å². The van der Waals surface area contributed by atoms with E-state index in [4.69, 9.17) is 10.5 Å². The molecule has 0 spiro atoms. The monoisotopic (exact) mass is 343 g/mol. The van der Waals surface area contributed by atoms with Crippen molar-refractivity contribution in [2.75, 3.05) is 7.11 Å². The predicted molar refractivity (Wildman–Crippen MR) is 73.3 cm³/mol. The lowest BCUT2D eigenvalue weighted by atomic mass is 10.0. The first-order valence-corrected chi connectivity index (χ1v) is 6.55. The molecule has 0 saturated carbocycles. The van der Waals surface area contributed by atoms with E-state index in [2.05, 4.69) is 25.9 Å². The number of hydrogen-bond donors (Lipinski definition) is 1. The van der Waals surface area contributed by atoms with Crippen molar-refractivity contribution >= 4 is 15.9 Å². The zero-order valence-corrected chi connectivity index (χ0v) is 12.2. The molecule has 0 fully saturated rings. The van der Waals surface area contributed by atoms with Crippen LogP contribution >= 0.6 is 15.9 Å². The quantitative estimate of drug-likeness (QED) is 0.927. The maximum absolute atomic E-state index is 13.8. The van der Waals surface area contributed by atoms with Gasteiger partial charge >= 0.3 is 0 Å². The summed E-state index contributed by atoms with van der Waals surface area (Å²) in [7, 11) is 1.47. The van der Waals surface area contributed by atoms with E-state index in [0.29, 0.717) is 16.0 Å². The molecule has 20 heavy (non-hydrogen) atoms. The van der Waals surface area contributed by atoms with Crippen LogP contribution in [-0.4, -0.2) is 17.1 Å². The molecule has 1 aromatic heterocycles. The van der Waals surface area contributed by atoms with Gasteiger partial charge in [0, 0.05) is 34.3 Å². The van der Waals surface area contributed by atoms with Crippen LogP contribution in [0.2, 0.25) is 0 Å². The molecule has 2 rings (SSSR count). The van der Waals surface area contributed by atoms with Crippen molar-refractivity contribution in [1.82, 2.24) is 9.97 Å². The molecule has 4 nitrogen and oxygen atoms in total. The minimum atomic E-state index is -0.845. The molecular weight excluding hydrogens is 332 g/mol. The highest BCUT2D eigenvalue weighted by atomic mass is 79.9. The van der Waals surface area contributed by atoms with Crippen molar-refractivity contribution in [3.05, 3.63) is 51.9 Å². The summed E-state index contributed by atoms with van der Waals surface area (Å²) >= 11 is 3.02. The topological polar surface area (TPSA) is 61.0 Å². The Morgan fingerprint density at radius 1 is 1.25 bits per heavy atom. The van der Waals surface area contributed by atoms with Crippen LogP contribution in [0.5, 0.6) is 5.88 Å². The third-order valence-corrected chi connectivity index (χ3v) is 3.21. The molecule has 0 bridgehead atoms.